The van der Waals surface area contributed by atoms with Gasteiger partial charge in [-0.2, -0.15) is 0 Å². The average molecular weight is 340 g/mol. The molecule has 0 spiro atoms. The molecule has 3 aromatic rings. The van der Waals surface area contributed by atoms with Gasteiger partial charge in [-0.1, -0.05) is 35.9 Å². The molecule has 5 nitrogen and oxygen atoms in total. The van der Waals surface area contributed by atoms with Crippen LogP contribution in [-0.4, -0.2) is 15.5 Å². The van der Waals surface area contributed by atoms with Crippen molar-refractivity contribution in [3.8, 4) is 0 Å². The maximum Gasteiger partial charge on any atom is 0.263 e. The molecule has 0 aliphatic heterocycles. The van der Waals surface area contributed by atoms with E-state index in [9.17, 15) is 9.59 Å². The summed E-state index contributed by atoms with van der Waals surface area (Å²) in [4.78, 5) is 28.9. The van der Waals surface area contributed by atoms with Crippen LogP contribution >= 0.6 is 11.6 Å². The third-order valence-electron chi connectivity index (χ3n) is 3.47. The Morgan fingerprint density at radius 2 is 1.88 bits per heavy atom. The van der Waals surface area contributed by atoms with Crippen molar-refractivity contribution in [1.29, 1.82) is 0 Å². The molecule has 2 heterocycles. The fraction of sp³-hybridized carbons (Fsp3) is 0.0556. The lowest BCUT2D eigenvalue weighted by molar-refractivity contribution is 0.102. The van der Waals surface area contributed by atoms with Crippen LogP contribution in [0.5, 0.6) is 0 Å². The van der Waals surface area contributed by atoms with Crippen molar-refractivity contribution in [1.82, 2.24) is 9.55 Å². The van der Waals surface area contributed by atoms with Gasteiger partial charge in [-0.15, -0.1) is 0 Å². The molecule has 120 valence electrons. The summed E-state index contributed by atoms with van der Waals surface area (Å²) in [5, 5.41) is 3.19. The highest BCUT2D eigenvalue weighted by Gasteiger charge is 2.13. The summed E-state index contributed by atoms with van der Waals surface area (Å²) in [5.41, 5.74) is 0.476. The average Bonchev–Trinajstić information content (AvgIpc) is 2.59. The van der Waals surface area contributed by atoms with Crippen molar-refractivity contribution in [2.24, 2.45) is 0 Å². The molecule has 6 heteroatoms. The zero-order chi connectivity index (χ0) is 16.9. The summed E-state index contributed by atoms with van der Waals surface area (Å²) in [7, 11) is 0. The van der Waals surface area contributed by atoms with E-state index in [1.54, 1.807) is 42.7 Å². The zero-order valence-electron chi connectivity index (χ0n) is 12.6. The van der Waals surface area contributed by atoms with Crippen molar-refractivity contribution in [2.75, 3.05) is 5.32 Å². The number of hydrogen-bond acceptors (Lipinski definition) is 3. The maximum absolute atomic E-state index is 12.6. The molecular formula is C18H14ClN3O2. The summed E-state index contributed by atoms with van der Waals surface area (Å²) in [5.74, 6) is -0.101. The zero-order valence-corrected chi connectivity index (χ0v) is 13.4. The minimum atomic E-state index is -0.493. The minimum absolute atomic E-state index is 0.0511. The molecule has 0 aliphatic rings. The fourth-order valence-corrected chi connectivity index (χ4v) is 2.46. The number of benzene rings is 1. The minimum Gasteiger partial charge on any atom is -0.310 e. The molecule has 0 aliphatic carbocycles. The van der Waals surface area contributed by atoms with E-state index >= 15 is 0 Å². The van der Waals surface area contributed by atoms with E-state index in [4.69, 9.17) is 11.6 Å². The highest BCUT2D eigenvalue weighted by atomic mass is 35.5. The number of anilines is 1. The highest BCUT2D eigenvalue weighted by Crippen LogP contribution is 2.15. The van der Waals surface area contributed by atoms with E-state index in [1.165, 1.54) is 10.6 Å². The van der Waals surface area contributed by atoms with Crippen LogP contribution in [0.15, 0.2) is 71.8 Å². The molecule has 0 saturated carbocycles. The molecule has 0 fully saturated rings. The molecule has 0 bridgehead atoms. The number of carbonyl (C=O) groups excluding carboxylic acids is 1. The fourth-order valence-electron chi connectivity index (χ4n) is 2.26. The normalized spacial score (nSPS) is 10.4. The van der Waals surface area contributed by atoms with Gasteiger partial charge in [-0.25, -0.2) is 4.98 Å². The van der Waals surface area contributed by atoms with E-state index < -0.39 is 5.91 Å². The Balaban J connectivity index is 1.87. The van der Waals surface area contributed by atoms with Gasteiger partial charge in [-0.3, -0.25) is 9.59 Å². The van der Waals surface area contributed by atoms with Gasteiger partial charge in [0.15, 0.2) is 0 Å². The van der Waals surface area contributed by atoms with Crippen molar-refractivity contribution in [3.63, 3.8) is 0 Å². The Bertz CT molecular complexity index is 923. The van der Waals surface area contributed by atoms with E-state index in [0.717, 1.165) is 5.56 Å². The van der Waals surface area contributed by atoms with Crippen molar-refractivity contribution in [2.45, 2.75) is 6.54 Å². The van der Waals surface area contributed by atoms with Crippen LogP contribution in [0.25, 0.3) is 0 Å². The first-order valence-electron chi connectivity index (χ1n) is 7.30. The Hall–Kier alpha value is -2.92. The van der Waals surface area contributed by atoms with Crippen molar-refractivity contribution in [3.05, 3.63) is 93.5 Å². The maximum atomic E-state index is 12.6. The van der Waals surface area contributed by atoms with E-state index in [1.807, 2.05) is 18.2 Å². The Labute approximate surface area is 143 Å². The standard InChI is InChI=1S/C18H14ClN3O2/c19-15-8-2-1-6-13(15)12-22-11-5-7-14(18(22)24)17(23)21-16-9-3-4-10-20-16/h1-11H,12H2,(H,20,21,23). The van der Waals surface area contributed by atoms with Gasteiger partial charge in [-0.05, 0) is 35.9 Å². The molecule has 24 heavy (non-hydrogen) atoms. The number of carbonyl (C=O) groups is 1. The molecule has 0 saturated heterocycles. The van der Waals surface area contributed by atoms with Gasteiger partial charge in [0.2, 0.25) is 0 Å². The van der Waals surface area contributed by atoms with Crippen molar-refractivity contribution < 1.29 is 4.79 Å². The molecule has 3 rings (SSSR count). The second-order valence-electron chi connectivity index (χ2n) is 5.12. The first-order valence-corrected chi connectivity index (χ1v) is 7.68. The topological polar surface area (TPSA) is 64.0 Å². The third-order valence-corrected chi connectivity index (χ3v) is 3.84. The predicted molar refractivity (Wildman–Crippen MR) is 93.4 cm³/mol. The summed E-state index contributed by atoms with van der Waals surface area (Å²) >= 11 is 6.13. The van der Waals surface area contributed by atoms with Gasteiger partial charge < -0.3 is 9.88 Å². The molecule has 1 N–H and O–H groups in total. The molecule has 2 aromatic heterocycles. The number of amides is 1. The molecule has 0 unspecified atom stereocenters. The number of nitrogens with one attached hydrogen (secondary N) is 1. The molecular weight excluding hydrogens is 326 g/mol. The van der Waals surface area contributed by atoms with Crippen LogP contribution < -0.4 is 10.9 Å². The van der Waals surface area contributed by atoms with Gasteiger partial charge in [0.05, 0.1) is 6.54 Å². The molecule has 0 radical (unpaired) electrons. The van der Waals surface area contributed by atoms with Crippen LogP contribution in [0.1, 0.15) is 15.9 Å². The van der Waals surface area contributed by atoms with Gasteiger partial charge in [0.1, 0.15) is 11.4 Å². The number of rotatable bonds is 4. The number of pyridine rings is 2. The van der Waals surface area contributed by atoms with Crippen LogP contribution in [-0.2, 0) is 6.54 Å². The van der Waals surface area contributed by atoms with Gasteiger partial charge >= 0.3 is 0 Å². The Morgan fingerprint density at radius 1 is 1.08 bits per heavy atom. The first-order chi connectivity index (χ1) is 11.6. The lowest BCUT2D eigenvalue weighted by Gasteiger charge is -2.09. The molecule has 0 atom stereocenters. The van der Waals surface area contributed by atoms with E-state index in [-0.39, 0.29) is 11.1 Å². The number of nitrogens with zero attached hydrogens (tertiary/aromatic N) is 2. The third kappa shape index (κ3) is 3.52. The summed E-state index contributed by atoms with van der Waals surface area (Å²) in [6.07, 6.45) is 3.19. The SMILES string of the molecule is O=C(Nc1ccccn1)c1cccn(Cc2ccccc2Cl)c1=O. The summed E-state index contributed by atoms with van der Waals surface area (Å²) in [6, 6.07) is 15.6. The van der Waals surface area contributed by atoms with Crippen LogP contribution in [0.2, 0.25) is 5.02 Å². The number of hydrogen-bond donors (Lipinski definition) is 1. The van der Waals surface area contributed by atoms with Gasteiger partial charge in [0.25, 0.3) is 11.5 Å². The molecule has 1 amide bonds. The van der Waals surface area contributed by atoms with Crippen molar-refractivity contribution >= 4 is 23.3 Å². The van der Waals surface area contributed by atoms with E-state index in [0.29, 0.717) is 17.4 Å². The lowest BCUT2D eigenvalue weighted by Crippen LogP contribution is -2.29. The summed E-state index contributed by atoms with van der Waals surface area (Å²) in [6.45, 7) is 0.295. The molecule has 1 aromatic carbocycles. The smallest absolute Gasteiger partial charge is 0.263 e. The van der Waals surface area contributed by atoms with Crippen LogP contribution in [0.4, 0.5) is 5.82 Å². The number of aromatic nitrogens is 2. The van der Waals surface area contributed by atoms with Crippen LogP contribution in [0.3, 0.4) is 0 Å². The first kappa shape index (κ1) is 16.0. The Morgan fingerprint density at radius 3 is 2.62 bits per heavy atom. The monoisotopic (exact) mass is 339 g/mol. The second-order valence-corrected chi connectivity index (χ2v) is 5.52. The van der Waals surface area contributed by atoms with Gasteiger partial charge in [0, 0.05) is 17.4 Å². The second kappa shape index (κ2) is 7.10. The Kier molecular flexibility index (Phi) is 4.72. The summed E-state index contributed by atoms with van der Waals surface area (Å²) < 4.78 is 1.45. The van der Waals surface area contributed by atoms with Crippen LogP contribution in [0, 0.1) is 0 Å². The lowest BCUT2D eigenvalue weighted by atomic mass is 10.2. The highest BCUT2D eigenvalue weighted by molar-refractivity contribution is 6.31. The quantitative estimate of drug-likeness (QED) is 0.794. The van der Waals surface area contributed by atoms with E-state index in [2.05, 4.69) is 10.3 Å². The predicted octanol–water partition coefficient (Wildman–Crippen LogP) is 3.20. The largest absolute Gasteiger partial charge is 0.310 e. The number of halogens is 1.